The minimum atomic E-state index is -3.85. The molecular formula is C12H18N2O4S. The fourth-order valence-electron chi connectivity index (χ4n) is 2.38. The predicted octanol–water partition coefficient (Wildman–Crippen LogP) is 0.301. The quantitative estimate of drug-likeness (QED) is 0.836. The van der Waals surface area contributed by atoms with Crippen LogP contribution in [0.1, 0.15) is 25.7 Å². The van der Waals surface area contributed by atoms with E-state index in [1.807, 2.05) is 0 Å². The van der Waals surface area contributed by atoms with E-state index >= 15 is 0 Å². The van der Waals surface area contributed by atoms with Gasteiger partial charge in [-0.1, -0.05) is 12.8 Å². The Morgan fingerprint density at radius 3 is 2.84 bits per heavy atom. The zero-order chi connectivity index (χ0) is 13.9. The fraction of sp³-hybridized carbons (Fsp3) is 0.583. The van der Waals surface area contributed by atoms with E-state index in [0.717, 1.165) is 19.3 Å². The van der Waals surface area contributed by atoms with Gasteiger partial charge in [-0.2, -0.15) is 4.31 Å². The average Bonchev–Trinajstić information content (AvgIpc) is 2.64. The lowest BCUT2D eigenvalue weighted by Crippen LogP contribution is -2.43. The van der Waals surface area contributed by atoms with Crippen LogP contribution in [-0.2, 0) is 10.0 Å². The lowest BCUT2D eigenvalue weighted by molar-refractivity contribution is 0.186. The highest BCUT2D eigenvalue weighted by Gasteiger charge is 2.33. The molecule has 1 aromatic rings. The monoisotopic (exact) mass is 286 g/mol. The molecule has 0 bridgehead atoms. The van der Waals surface area contributed by atoms with Crippen molar-refractivity contribution in [3.63, 3.8) is 0 Å². The fourth-order valence-corrected chi connectivity index (χ4v) is 4.10. The summed E-state index contributed by atoms with van der Waals surface area (Å²) in [7, 11) is -3.85. The van der Waals surface area contributed by atoms with Crippen molar-refractivity contribution in [1.29, 1.82) is 0 Å². The number of rotatable bonds is 3. The highest BCUT2D eigenvalue weighted by molar-refractivity contribution is 7.89. The molecule has 106 valence electrons. The zero-order valence-electron chi connectivity index (χ0n) is 10.6. The summed E-state index contributed by atoms with van der Waals surface area (Å²) in [5.74, 6) is 0. The first-order valence-corrected chi connectivity index (χ1v) is 7.81. The second kappa shape index (κ2) is 5.85. The van der Waals surface area contributed by atoms with Crippen molar-refractivity contribution in [2.24, 2.45) is 0 Å². The number of pyridine rings is 1. The Labute approximate surface area is 112 Å². The Kier molecular flexibility index (Phi) is 4.38. The van der Waals surface area contributed by atoms with Crippen LogP contribution in [0.2, 0.25) is 0 Å². The molecule has 0 amide bonds. The van der Waals surface area contributed by atoms with E-state index < -0.39 is 21.5 Å². The standard InChI is InChI=1S/C12H18N2O4S/c15-9-10-4-2-1-3-7-14(10)19(17,18)12-8-13-6-5-11(12)16/h5-6,8,10,15H,1-4,7,9H2,(H,13,16). The van der Waals surface area contributed by atoms with Gasteiger partial charge in [0.15, 0.2) is 0 Å². The molecule has 0 saturated carbocycles. The molecule has 1 fully saturated rings. The molecule has 1 aliphatic rings. The van der Waals surface area contributed by atoms with Crippen LogP contribution in [0.5, 0.6) is 0 Å². The van der Waals surface area contributed by atoms with E-state index in [1.165, 1.54) is 22.8 Å². The second-order valence-electron chi connectivity index (χ2n) is 4.67. The number of aromatic nitrogens is 1. The van der Waals surface area contributed by atoms with Gasteiger partial charge in [-0.05, 0) is 12.8 Å². The maximum Gasteiger partial charge on any atom is 0.248 e. The number of nitrogens with one attached hydrogen (secondary N) is 1. The Balaban J connectivity index is 2.42. The van der Waals surface area contributed by atoms with E-state index in [0.29, 0.717) is 13.0 Å². The molecule has 19 heavy (non-hydrogen) atoms. The van der Waals surface area contributed by atoms with Crippen molar-refractivity contribution in [1.82, 2.24) is 9.29 Å². The van der Waals surface area contributed by atoms with Crippen LogP contribution < -0.4 is 5.43 Å². The number of nitrogens with zero attached hydrogens (tertiary/aromatic N) is 1. The first-order chi connectivity index (χ1) is 9.07. The Morgan fingerprint density at radius 2 is 2.16 bits per heavy atom. The molecule has 2 rings (SSSR count). The van der Waals surface area contributed by atoms with Crippen molar-refractivity contribution in [2.75, 3.05) is 13.2 Å². The van der Waals surface area contributed by atoms with E-state index in [4.69, 9.17) is 0 Å². The highest BCUT2D eigenvalue weighted by Crippen LogP contribution is 2.22. The van der Waals surface area contributed by atoms with Gasteiger partial charge in [0.1, 0.15) is 4.90 Å². The van der Waals surface area contributed by atoms with Gasteiger partial charge < -0.3 is 10.1 Å². The maximum absolute atomic E-state index is 12.5. The smallest absolute Gasteiger partial charge is 0.248 e. The third-order valence-electron chi connectivity index (χ3n) is 3.41. The van der Waals surface area contributed by atoms with Gasteiger partial charge in [0.25, 0.3) is 0 Å². The van der Waals surface area contributed by atoms with Gasteiger partial charge in [-0.15, -0.1) is 0 Å². The molecular weight excluding hydrogens is 268 g/mol. The van der Waals surface area contributed by atoms with Crippen LogP contribution in [-0.4, -0.2) is 42.0 Å². The first kappa shape index (κ1) is 14.2. The number of sulfonamides is 1. The molecule has 0 radical (unpaired) electrons. The third-order valence-corrected chi connectivity index (χ3v) is 5.38. The van der Waals surface area contributed by atoms with Gasteiger partial charge in [-0.25, -0.2) is 8.42 Å². The number of aliphatic hydroxyl groups is 1. The molecule has 1 unspecified atom stereocenters. The summed E-state index contributed by atoms with van der Waals surface area (Å²) in [6.45, 7) is 0.131. The average molecular weight is 286 g/mol. The van der Waals surface area contributed by atoms with Crippen LogP contribution in [0.25, 0.3) is 0 Å². The van der Waals surface area contributed by atoms with Crippen molar-refractivity contribution < 1.29 is 13.5 Å². The van der Waals surface area contributed by atoms with Crippen LogP contribution >= 0.6 is 0 Å². The summed E-state index contributed by atoms with van der Waals surface area (Å²) in [6, 6.07) is 0.755. The summed E-state index contributed by atoms with van der Waals surface area (Å²) in [5, 5.41) is 9.37. The third kappa shape index (κ3) is 2.88. The molecule has 6 nitrogen and oxygen atoms in total. The maximum atomic E-state index is 12.5. The topological polar surface area (TPSA) is 90.5 Å². The van der Waals surface area contributed by atoms with Gasteiger partial charge in [0.2, 0.25) is 15.5 Å². The van der Waals surface area contributed by atoms with Crippen molar-refractivity contribution >= 4 is 10.0 Å². The number of hydrogen-bond donors (Lipinski definition) is 2. The highest BCUT2D eigenvalue weighted by atomic mass is 32.2. The number of aliphatic hydroxyl groups excluding tert-OH is 1. The molecule has 0 spiro atoms. The van der Waals surface area contributed by atoms with Crippen LogP contribution in [0.4, 0.5) is 0 Å². The molecule has 7 heteroatoms. The van der Waals surface area contributed by atoms with E-state index in [9.17, 15) is 18.3 Å². The van der Waals surface area contributed by atoms with Crippen LogP contribution in [0.15, 0.2) is 28.2 Å². The SMILES string of the molecule is O=c1cc[nH]cc1S(=O)(=O)N1CCCCCC1CO. The second-order valence-corrected chi connectivity index (χ2v) is 6.53. The normalized spacial score (nSPS) is 22.1. The number of H-pyrrole nitrogens is 1. The van der Waals surface area contributed by atoms with Crippen LogP contribution in [0.3, 0.4) is 0 Å². The molecule has 2 heterocycles. The summed E-state index contributed by atoms with van der Waals surface area (Å²) in [6.07, 6.45) is 5.81. The van der Waals surface area contributed by atoms with Gasteiger partial charge >= 0.3 is 0 Å². The van der Waals surface area contributed by atoms with E-state index in [-0.39, 0.29) is 11.5 Å². The van der Waals surface area contributed by atoms with Crippen molar-refractivity contribution in [2.45, 2.75) is 36.6 Å². The number of hydrogen-bond acceptors (Lipinski definition) is 4. The molecule has 1 atom stereocenters. The molecule has 2 N–H and O–H groups in total. The lowest BCUT2D eigenvalue weighted by atomic mass is 10.1. The summed E-state index contributed by atoms with van der Waals surface area (Å²) in [4.78, 5) is 14.1. The molecule has 1 aromatic heterocycles. The van der Waals surface area contributed by atoms with Crippen LogP contribution in [0, 0.1) is 0 Å². The van der Waals surface area contributed by atoms with Gasteiger partial charge in [-0.3, -0.25) is 4.79 Å². The van der Waals surface area contributed by atoms with Gasteiger partial charge in [0, 0.05) is 31.0 Å². The molecule has 1 saturated heterocycles. The number of aromatic amines is 1. The summed E-state index contributed by atoms with van der Waals surface area (Å²) in [5.41, 5.74) is -0.528. The van der Waals surface area contributed by atoms with Crippen molar-refractivity contribution in [3.8, 4) is 0 Å². The van der Waals surface area contributed by atoms with Gasteiger partial charge in [0.05, 0.1) is 6.61 Å². The lowest BCUT2D eigenvalue weighted by Gasteiger charge is -2.27. The Hall–Kier alpha value is -1.18. The largest absolute Gasteiger partial charge is 0.395 e. The van der Waals surface area contributed by atoms with E-state index in [1.54, 1.807) is 0 Å². The molecule has 0 aliphatic carbocycles. The molecule has 0 aromatic carbocycles. The predicted molar refractivity (Wildman–Crippen MR) is 70.3 cm³/mol. The summed E-state index contributed by atoms with van der Waals surface area (Å²) >= 11 is 0. The zero-order valence-corrected chi connectivity index (χ0v) is 11.4. The first-order valence-electron chi connectivity index (χ1n) is 6.37. The Bertz CT molecular complexity index is 581. The Morgan fingerprint density at radius 1 is 1.37 bits per heavy atom. The minimum absolute atomic E-state index is 0.218. The molecule has 1 aliphatic heterocycles. The minimum Gasteiger partial charge on any atom is -0.395 e. The summed E-state index contributed by atoms with van der Waals surface area (Å²) < 4.78 is 26.3. The van der Waals surface area contributed by atoms with Crippen molar-refractivity contribution in [3.05, 3.63) is 28.7 Å². The van der Waals surface area contributed by atoms with E-state index in [2.05, 4.69) is 4.98 Å².